The molecule has 1 aromatic rings. The van der Waals surface area contributed by atoms with Crippen LogP contribution in [0.4, 0.5) is 0 Å². The van der Waals surface area contributed by atoms with E-state index < -0.39 is 0 Å². The molecule has 0 saturated heterocycles. The van der Waals surface area contributed by atoms with Gasteiger partial charge >= 0.3 is 0 Å². The predicted molar refractivity (Wildman–Crippen MR) is 58.1 cm³/mol. The van der Waals surface area contributed by atoms with Gasteiger partial charge in [-0.05, 0) is 13.0 Å². The fourth-order valence-electron chi connectivity index (χ4n) is 1.03. The maximum Gasteiger partial charge on any atom is 0.226 e. The molecule has 0 radical (unpaired) electrons. The lowest BCUT2D eigenvalue weighted by atomic mass is 10.3. The molecule has 2 N–H and O–H groups in total. The summed E-state index contributed by atoms with van der Waals surface area (Å²) >= 11 is 1.81. The van der Waals surface area contributed by atoms with Crippen LogP contribution in [0.25, 0.3) is 0 Å². The second-order valence-electron chi connectivity index (χ2n) is 3.16. The van der Waals surface area contributed by atoms with E-state index in [-0.39, 0.29) is 0 Å². The van der Waals surface area contributed by atoms with Crippen molar-refractivity contribution in [3.8, 4) is 0 Å². The first-order chi connectivity index (χ1) is 6.76. The third-order valence-electron chi connectivity index (χ3n) is 1.88. The zero-order valence-electron chi connectivity index (χ0n) is 8.69. The zero-order valence-corrected chi connectivity index (χ0v) is 9.51. The number of hydrogen-bond donors (Lipinski definition) is 1. The van der Waals surface area contributed by atoms with Crippen molar-refractivity contribution in [2.45, 2.75) is 37.7 Å². The molecule has 5 heteroatoms. The van der Waals surface area contributed by atoms with Crippen LogP contribution in [0.15, 0.2) is 4.52 Å². The molecule has 1 atom stereocenters. The van der Waals surface area contributed by atoms with Gasteiger partial charge in [0.15, 0.2) is 5.82 Å². The van der Waals surface area contributed by atoms with E-state index in [1.54, 1.807) is 0 Å². The van der Waals surface area contributed by atoms with Crippen LogP contribution in [0.1, 0.15) is 32.0 Å². The molecule has 0 aliphatic heterocycles. The lowest BCUT2D eigenvalue weighted by molar-refractivity contribution is 0.378. The Hall–Kier alpha value is -0.550. The van der Waals surface area contributed by atoms with Crippen molar-refractivity contribution >= 4 is 11.8 Å². The van der Waals surface area contributed by atoms with Crippen LogP contribution in [-0.2, 0) is 12.2 Å². The average Bonchev–Trinajstić information content (AvgIpc) is 2.63. The van der Waals surface area contributed by atoms with E-state index >= 15 is 0 Å². The summed E-state index contributed by atoms with van der Waals surface area (Å²) in [7, 11) is 0. The van der Waals surface area contributed by atoms with Crippen molar-refractivity contribution < 1.29 is 4.52 Å². The Bertz CT molecular complexity index is 264. The van der Waals surface area contributed by atoms with Crippen LogP contribution >= 0.6 is 11.8 Å². The number of rotatable bonds is 6. The normalized spacial score (nSPS) is 13.1. The van der Waals surface area contributed by atoms with E-state index in [0.29, 0.717) is 11.1 Å². The fraction of sp³-hybridized carbons (Fsp3) is 0.778. The lowest BCUT2D eigenvalue weighted by Gasteiger charge is -2.06. The lowest BCUT2D eigenvalue weighted by Crippen LogP contribution is -2.07. The smallest absolute Gasteiger partial charge is 0.226 e. The van der Waals surface area contributed by atoms with Gasteiger partial charge in [-0.25, -0.2) is 0 Å². The van der Waals surface area contributed by atoms with Gasteiger partial charge in [0.05, 0.1) is 5.75 Å². The Morgan fingerprint density at radius 2 is 2.36 bits per heavy atom. The summed E-state index contributed by atoms with van der Waals surface area (Å²) in [6, 6.07) is 0. The quantitative estimate of drug-likeness (QED) is 0.781. The minimum atomic E-state index is 0.559. The Kier molecular flexibility index (Phi) is 4.97. The monoisotopic (exact) mass is 215 g/mol. The van der Waals surface area contributed by atoms with Crippen LogP contribution < -0.4 is 5.73 Å². The van der Waals surface area contributed by atoms with Gasteiger partial charge < -0.3 is 10.3 Å². The summed E-state index contributed by atoms with van der Waals surface area (Å²) in [4.78, 5) is 4.23. The second kappa shape index (κ2) is 6.03. The van der Waals surface area contributed by atoms with Crippen LogP contribution in [0, 0.1) is 0 Å². The number of aromatic nitrogens is 2. The van der Waals surface area contributed by atoms with E-state index in [4.69, 9.17) is 10.3 Å². The number of aryl methyl sites for hydroxylation is 1. The van der Waals surface area contributed by atoms with Crippen molar-refractivity contribution in [2.75, 3.05) is 6.54 Å². The summed E-state index contributed by atoms with van der Waals surface area (Å²) in [6.45, 7) is 4.90. The summed E-state index contributed by atoms with van der Waals surface area (Å²) in [6.07, 6.45) is 1.83. The van der Waals surface area contributed by atoms with Crippen LogP contribution in [0.5, 0.6) is 0 Å². The highest BCUT2D eigenvalue weighted by molar-refractivity contribution is 7.99. The van der Waals surface area contributed by atoms with Gasteiger partial charge in [0.25, 0.3) is 0 Å². The molecule has 14 heavy (non-hydrogen) atoms. The number of nitrogens with two attached hydrogens (primary N) is 1. The molecule has 0 spiro atoms. The summed E-state index contributed by atoms with van der Waals surface area (Å²) < 4.78 is 5.01. The second-order valence-corrected chi connectivity index (χ2v) is 4.58. The molecular formula is C9H17N3OS. The topological polar surface area (TPSA) is 64.9 Å². The highest BCUT2D eigenvalue weighted by Crippen LogP contribution is 2.17. The first kappa shape index (κ1) is 11.5. The molecular weight excluding hydrogens is 198 g/mol. The number of hydrogen-bond acceptors (Lipinski definition) is 5. The van der Waals surface area contributed by atoms with Crippen LogP contribution in [0.3, 0.4) is 0 Å². The van der Waals surface area contributed by atoms with E-state index in [2.05, 4.69) is 17.1 Å². The summed E-state index contributed by atoms with van der Waals surface area (Å²) in [5.41, 5.74) is 5.46. The number of nitrogens with zero attached hydrogens (tertiary/aromatic N) is 2. The van der Waals surface area contributed by atoms with Gasteiger partial charge in [0, 0.05) is 11.7 Å². The van der Waals surface area contributed by atoms with Gasteiger partial charge in [-0.1, -0.05) is 19.0 Å². The van der Waals surface area contributed by atoms with Crippen molar-refractivity contribution in [3.05, 3.63) is 11.7 Å². The van der Waals surface area contributed by atoms with E-state index in [1.807, 2.05) is 18.7 Å². The molecule has 1 unspecified atom stereocenters. The van der Waals surface area contributed by atoms with Gasteiger partial charge in [0.2, 0.25) is 5.89 Å². The predicted octanol–water partition coefficient (Wildman–Crippen LogP) is 1.60. The van der Waals surface area contributed by atoms with Crippen LogP contribution in [0.2, 0.25) is 0 Å². The van der Waals surface area contributed by atoms with E-state index in [1.165, 1.54) is 0 Å². The third kappa shape index (κ3) is 3.67. The standard InChI is InChI=1S/C9H17N3OS/c1-3-9-11-8(12-13-9)6-14-7(2)4-5-10/h7H,3-6,10H2,1-2H3. The first-order valence-corrected chi connectivity index (χ1v) is 5.94. The largest absolute Gasteiger partial charge is 0.339 e. The van der Waals surface area contributed by atoms with Crippen molar-refractivity contribution in [1.29, 1.82) is 0 Å². The van der Waals surface area contributed by atoms with Crippen molar-refractivity contribution in [1.82, 2.24) is 10.1 Å². The van der Waals surface area contributed by atoms with E-state index in [9.17, 15) is 0 Å². The highest BCUT2D eigenvalue weighted by Gasteiger charge is 2.07. The molecule has 1 rings (SSSR count). The minimum absolute atomic E-state index is 0.559. The molecule has 0 fully saturated rings. The molecule has 0 amide bonds. The van der Waals surface area contributed by atoms with Gasteiger partial charge in [0.1, 0.15) is 0 Å². The Labute approximate surface area is 88.6 Å². The van der Waals surface area contributed by atoms with Crippen LogP contribution in [-0.4, -0.2) is 21.9 Å². The molecule has 1 aromatic heterocycles. The molecule has 0 aromatic carbocycles. The molecule has 0 aliphatic rings. The average molecular weight is 215 g/mol. The van der Waals surface area contributed by atoms with E-state index in [0.717, 1.165) is 31.0 Å². The van der Waals surface area contributed by atoms with Crippen molar-refractivity contribution in [3.63, 3.8) is 0 Å². The summed E-state index contributed by atoms with van der Waals surface area (Å²) in [5.74, 6) is 2.31. The minimum Gasteiger partial charge on any atom is -0.339 e. The fourth-order valence-corrected chi connectivity index (χ4v) is 1.88. The molecule has 80 valence electrons. The Morgan fingerprint density at radius 1 is 1.57 bits per heavy atom. The van der Waals surface area contributed by atoms with Crippen molar-refractivity contribution in [2.24, 2.45) is 5.73 Å². The Morgan fingerprint density at radius 3 is 2.93 bits per heavy atom. The summed E-state index contributed by atoms with van der Waals surface area (Å²) in [5, 5.41) is 4.44. The Balaban J connectivity index is 2.30. The third-order valence-corrected chi connectivity index (χ3v) is 3.11. The molecule has 1 heterocycles. The molecule has 0 aliphatic carbocycles. The van der Waals surface area contributed by atoms with Gasteiger partial charge in [-0.15, -0.1) is 0 Å². The molecule has 0 bridgehead atoms. The number of thioether (sulfide) groups is 1. The molecule has 4 nitrogen and oxygen atoms in total. The first-order valence-electron chi connectivity index (χ1n) is 4.89. The highest BCUT2D eigenvalue weighted by atomic mass is 32.2. The maximum absolute atomic E-state index is 5.46. The maximum atomic E-state index is 5.46. The zero-order chi connectivity index (χ0) is 10.4. The SMILES string of the molecule is CCc1nc(CSC(C)CCN)no1. The molecule has 0 saturated carbocycles. The van der Waals surface area contributed by atoms with Gasteiger partial charge in [-0.3, -0.25) is 0 Å². The van der Waals surface area contributed by atoms with Gasteiger partial charge in [-0.2, -0.15) is 16.7 Å².